The molecule has 0 atom stereocenters. The van der Waals surface area contributed by atoms with Gasteiger partial charge in [0.1, 0.15) is 68.5 Å². The molecule has 10 aromatic rings. The molecule has 0 saturated carbocycles. The van der Waals surface area contributed by atoms with Gasteiger partial charge in [-0.25, -0.2) is 55.0 Å². The second-order valence-corrected chi connectivity index (χ2v) is 26.5. The molecule has 4 aromatic carbocycles. The Kier molecular flexibility index (Phi) is 28.2. The average molecular weight is 1880 g/mol. The molecule has 546 valence electrons. The second-order valence-electron chi connectivity index (χ2n) is 21.5. The van der Waals surface area contributed by atoms with Crippen LogP contribution in [0.25, 0.3) is 44.8 Å². The van der Waals surface area contributed by atoms with Crippen LogP contribution in [0.1, 0.15) is 31.9 Å². The Hall–Kier alpha value is -10.1. The highest BCUT2D eigenvalue weighted by Gasteiger charge is 2.26. The number of nitrogens with zero attached hydrogens (tertiary/aromatic N) is 10. The molecule has 0 spiro atoms. The Labute approximate surface area is 629 Å². The molecule has 0 aliphatic rings. The number of carbonyl (C=O) groups is 4. The molecule has 10 rings (SSSR count). The van der Waals surface area contributed by atoms with Crippen LogP contribution in [0.2, 0.25) is 0 Å². The summed E-state index contributed by atoms with van der Waals surface area (Å²) >= 11 is 7.77. The molecule has 103 heavy (non-hydrogen) atoms. The number of aliphatic carboxylic acids is 2. The van der Waals surface area contributed by atoms with Crippen molar-refractivity contribution >= 4 is 148 Å². The zero-order valence-electron chi connectivity index (χ0n) is 56.1. The molecule has 0 amide bonds. The Morgan fingerprint density at radius 2 is 0.748 bits per heavy atom. The minimum Gasteiger partial charge on any atom is -0.506 e. The third-order valence-electron chi connectivity index (χ3n) is 14.7. The van der Waals surface area contributed by atoms with Crippen molar-refractivity contribution in [2.24, 2.45) is 48.2 Å². The zero-order chi connectivity index (χ0) is 78.2. The molecule has 0 unspecified atom stereocenters. The van der Waals surface area contributed by atoms with Crippen molar-refractivity contribution in [3.8, 4) is 34.2 Å². The monoisotopic (exact) mass is 1880 g/mol. The van der Waals surface area contributed by atoms with Gasteiger partial charge in [-0.2, -0.15) is 0 Å². The molecule has 0 radical (unpaired) electrons. The lowest BCUT2D eigenvalue weighted by Crippen LogP contribution is -2.40. The van der Waals surface area contributed by atoms with Gasteiger partial charge >= 0.3 is 46.6 Å². The fraction of sp³-hybridized carbons (Fsp3) is 0.219. The Balaban J connectivity index is 0.000000233. The summed E-state index contributed by atoms with van der Waals surface area (Å²) in [5, 5.41) is 41.6. The van der Waals surface area contributed by atoms with Crippen molar-refractivity contribution in [2.75, 3.05) is 24.7 Å². The maximum absolute atomic E-state index is 14.5. The summed E-state index contributed by atoms with van der Waals surface area (Å²) in [7, 11) is 11.4. The number of rotatable bonds is 8. The van der Waals surface area contributed by atoms with Gasteiger partial charge in [-0.3, -0.25) is 75.3 Å². The van der Waals surface area contributed by atoms with E-state index in [4.69, 9.17) is 10.2 Å². The van der Waals surface area contributed by atoms with Crippen LogP contribution in [-0.4, -0.2) is 104 Å². The van der Waals surface area contributed by atoms with Crippen LogP contribution in [0.4, 0.5) is 29.2 Å². The molecule has 6 N–H and O–H groups in total. The van der Waals surface area contributed by atoms with Crippen LogP contribution in [0, 0.1) is 57.3 Å². The predicted octanol–water partition coefficient (Wildman–Crippen LogP) is 4.82. The summed E-state index contributed by atoms with van der Waals surface area (Å²) < 4.78 is 73.0. The average Bonchev–Trinajstić information content (AvgIpc) is 0.729. The molecular weight excluding hydrogens is 1820 g/mol. The van der Waals surface area contributed by atoms with Crippen LogP contribution in [0.5, 0.6) is 11.5 Å². The summed E-state index contributed by atoms with van der Waals surface area (Å²) in [6.45, 7) is 6.22. The number of carbonyl (C=O) groups excluding carboxylic acids is 2. The van der Waals surface area contributed by atoms with Gasteiger partial charge in [0.15, 0.2) is 5.92 Å². The first-order chi connectivity index (χ1) is 47.9. The third kappa shape index (κ3) is 18.2. The van der Waals surface area contributed by atoms with E-state index >= 15 is 0 Å². The fourth-order valence-electron chi connectivity index (χ4n) is 9.32. The van der Waals surface area contributed by atoms with E-state index in [-0.39, 0.29) is 61.8 Å². The van der Waals surface area contributed by atoms with Crippen molar-refractivity contribution in [1.82, 2.24) is 45.7 Å². The Bertz CT molecular complexity index is 5730. The van der Waals surface area contributed by atoms with Crippen LogP contribution in [0.3, 0.4) is 0 Å². The highest BCUT2D eigenvalue weighted by molar-refractivity contribution is 14.1. The molecule has 6 heterocycles. The first-order valence-electron chi connectivity index (χ1n) is 29.0. The molecule has 0 aliphatic heterocycles. The van der Waals surface area contributed by atoms with Gasteiger partial charge in [-0.05, 0) is 184 Å². The van der Waals surface area contributed by atoms with E-state index < -0.39 is 121 Å². The number of hydrogen-bond donors (Lipinski definition) is 6. The highest BCUT2D eigenvalue weighted by atomic mass is 127. The van der Waals surface area contributed by atoms with E-state index in [9.17, 15) is 94.9 Å². The molecule has 0 bridgehead atoms. The summed E-state index contributed by atoms with van der Waals surface area (Å²) in [5.41, 5.74) is -7.19. The van der Waals surface area contributed by atoms with E-state index in [0.29, 0.717) is 21.1 Å². The van der Waals surface area contributed by atoms with Gasteiger partial charge in [-0.15, -0.1) is 0 Å². The number of ether oxygens (including phenoxy) is 1. The summed E-state index contributed by atoms with van der Waals surface area (Å²) in [4.78, 5) is 162. The van der Waals surface area contributed by atoms with E-state index in [1.807, 2.05) is 90.4 Å². The number of carboxylic acids is 2. The molecule has 0 fully saturated rings. The first-order valence-corrected chi connectivity index (χ1v) is 33.3. The van der Waals surface area contributed by atoms with Gasteiger partial charge in [0, 0.05) is 96.6 Å². The van der Waals surface area contributed by atoms with Gasteiger partial charge in [-0.1, -0.05) is 0 Å². The van der Waals surface area contributed by atoms with Crippen molar-refractivity contribution in [3.63, 3.8) is 0 Å². The normalized spacial score (nSPS) is 10.6. The molecule has 0 aliphatic carbocycles. The fourth-order valence-corrected chi connectivity index (χ4v) is 11.1. The van der Waals surface area contributed by atoms with Crippen molar-refractivity contribution in [3.05, 3.63) is 238 Å². The smallest absolute Gasteiger partial charge is 0.337 e. The largest absolute Gasteiger partial charge is 0.506 e. The number of pyridine rings is 2. The van der Waals surface area contributed by atoms with Gasteiger partial charge in [0.25, 0.3) is 33.4 Å². The number of aryl methyl sites for hydroxylation is 3. The summed E-state index contributed by atoms with van der Waals surface area (Å²) in [6, 6.07) is 19.6. The van der Waals surface area contributed by atoms with Gasteiger partial charge in [0.05, 0.1) is 33.9 Å². The second kappa shape index (κ2) is 34.7. The summed E-state index contributed by atoms with van der Waals surface area (Å²) in [5.74, 6) is -8.02. The van der Waals surface area contributed by atoms with Crippen LogP contribution in [-0.2, 0) is 66.2 Å². The number of fused-ring (bicyclic) bond motifs is 2. The molecular formula is C64H60F4I4N12O19. The van der Waals surface area contributed by atoms with Crippen LogP contribution in [0.15, 0.2) is 133 Å². The molecule has 39 heteroatoms. The number of carboxylic acid groups (broad SMARTS) is 2. The van der Waals surface area contributed by atoms with Gasteiger partial charge in [0.2, 0.25) is 0 Å². The molecule has 6 aromatic heterocycles. The zero-order valence-corrected chi connectivity index (χ0v) is 64.7. The maximum Gasteiger partial charge on any atom is 0.337 e. The first kappa shape index (κ1) is 83.6. The Morgan fingerprint density at radius 3 is 1.11 bits per heavy atom. The quantitative estimate of drug-likeness (QED) is 0.0514. The number of halogens is 8. The van der Waals surface area contributed by atoms with E-state index in [1.54, 1.807) is 38.4 Å². The van der Waals surface area contributed by atoms with Crippen molar-refractivity contribution in [2.45, 2.75) is 34.6 Å². The van der Waals surface area contributed by atoms with E-state index in [1.165, 1.54) is 135 Å². The lowest BCUT2D eigenvalue weighted by molar-refractivity contribution is -0.157. The van der Waals surface area contributed by atoms with Crippen molar-refractivity contribution in [1.29, 1.82) is 0 Å². The van der Waals surface area contributed by atoms with Crippen LogP contribution < -0.4 is 66.7 Å². The minimum atomic E-state index is -1.31. The number of anilines is 2. The number of aromatic hydroxyl groups is 2. The molecule has 31 nitrogen and oxygen atoms in total. The predicted molar refractivity (Wildman–Crippen MR) is 404 cm³/mol. The minimum absolute atomic E-state index is 0.0274. The number of nitrogens with one attached hydrogen (secondary N) is 2. The van der Waals surface area contributed by atoms with Gasteiger partial charge < -0.3 is 35.8 Å². The van der Waals surface area contributed by atoms with Crippen LogP contribution >= 0.6 is 90.4 Å². The van der Waals surface area contributed by atoms with E-state index in [0.717, 1.165) is 47.0 Å². The third-order valence-corrected chi connectivity index (χ3v) is 17.4. The number of esters is 2. The maximum atomic E-state index is 14.5. The lowest BCUT2D eigenvalue weighted by Gasteiger charge is -2.17. The standard InChI is InChI=1S/2C16H13FIN3O4.2C12H11FIN3O2.C4H6O4.C4H6O3/c1-7-12(22)11-13(19(2)14(7)23)21(16(25)20(3)15(11)24)10-5-4-8(18)6-9(10)17;1-7-12(22)11-13(19(2)14(7)23)20(3)16(25)21(15(11)24)10-5-4-8(18)6-9(10)17;1-15-10-6-11(18)16(2)12(19)17(10)9-4-3-7(14)5-8(9)13;1-15-10-6-11(18)17(12(19)16(10)2)9-4-3-7(14)5-8(9)13;1-2(3(5)6)4(7)8;1-3(5)7-4(2)6/h2*4-6,22H,1-3H3;2*3-6,15H,1-2H3;2H,1H3,(H,5,6)(H,7,8);1-2H3. The number of hydrogen-bond acceptors (Lipinski definition) is 19. The van der Waals surface area contributed by atoms with Crippen molar-refractivity contribution < 1.29 is 61.9 Å². The number of benzene rings is 4. The molecule has 0 saturated heterocycles. The summed E-state index contributed by atoms with van der Waals surface area (Å²) in [6.07, 6.45) is 0. The van der Waals surface area contributed by atoms with E-state index in [2.05, 4.69) is 15.4 Å². The Morgan fingerprint density at radius 1 is 0.417 bits per heavy atom. The highest BCUT2D eigenvalue weighted by Crippen LogP contribution is 2.26. The lowest BCUT2D eigenvalue weighted by atomic mass is 10.2. The topological polar surface area (TPSA) is 402 Å². The number of aromatic nitrogens is 10. The SMILES string of the molecule is CC(=O)OC(C)=O.CC(C(=O)O)C(=O)O.CNc1cc(=O)n(-c2ccc(I)cc2F)c(=O)n1C.CNc1cc(=O)n(C)c(=O)n1-c1ccc(I)cc1F.Cc1c(O)c2c(=O)n(-c3ccc(I)cc3F)c(=O)n(C)c2n(C)c1=O.Cc1c(O)c2c(=O)n(C)c(=O)n(-c3ccc(I)cc3F)c2n(C)c1=O.